The summed E-state index contributed by atoms with van der Waals surface area (Å²) < 4.78 is 4.92. The molecule has 0 aromatic heterocycles. The van der Waals surface area contributed by atoms with E-state index in [0.29, 0.717) is 0 Å². The molecule has 0 saturated carbocycles. The van der Waals surface area contributed by atoms with E-state index >= 15 is 0 Å². The normalized spacial score (nSPS) is 14.6. The molecule has 0 N–H and O–H groups in total. The number of nitrogens with zero attached hydrogens (tertiary/aromatic N) is 2. The summed E-state index contributed by atoms with van der Waals surface area (Å²) in [6.45, 7) is 5.23. The molecule has 4 heteroatoms. The molecule has 4 nitrogen and oxygen atoms in total. The smallest absolute Gasteiger partial charge is 0.348 e. The van der Waals surface area contributed by atoms with Crippen LogP contribution in [0, 0.1) is 11.3 Å². The number of ether oxygens (including phenoxy) is 1. The molecule has 0 bridgehead atoms. The maximum atomic E-state index is 11.8. The zero-order valence-electron chi connectivity index (χ0n) is 17.7. The Balaban J connectivity index is 2.04. The predicted octanol–water partition coefficient (Wildman–Crippen LogP) is 6.17. The SMILES string of the molecule is CCCCCCCCCN1C=C/C(=C\C=C(/C#N)C(=O)OCC)c2ccccc21. The van der Waals surface area contributed by atoms with E-state index in [1.807, 2.05) is 30.4 Å². The van der Waals surface area contributed by atoms with E-state index in [-0.39, 0.29) is 12.2 Å². The van der Waals surface area contributed by atoms with E-state index in [4.69, 9.17) is 4.74 Å². The molecular weight excluding hydrogens is 360 g/mol. The van der Waals surface area contributed by atoms with Crippen LogP contribution in [0.1, 0.15) is 64.4 Å². The van der Waals surface area contributed by atoms with Crippen molar-refractivity contribution in [2.24, 2.45) is 0 Å². The summed E-state index contributed by atoms with van der Waals surface area (Å²) in [6, 6.07) is 10.2. The molecule has 0 fully saturated rings. The van der Waals surface area contributed by atoms with E-state index < -0.39 is 5.97 Å². The van der Waals surface area contributed by atoms with Gasteiger partial charge in [0.15, 0.2) is 0 Å². The number of benzene rings is 1. The molecular formula is C25H32N2O2. The van der Waals surface area contributed by atoms with E-state index in [1.165, 1.54) is 44.9 Å². The van der Waals surface area contributed by atoms with Crippen LogP contribution in [0.15, 0.2) is 54.3 Å². The molecule has 0 aliphatic carbocycles. The number of unbranched alkanes of at least 4 members (excludes halogenated alkanes) is 6. The summed E-state index contributed by atoms with van der Waals surface area (Å²) in [6.07, 6.45) is 16.5. The third kappa shape index (κ3) is 6.94. The van der Waals surface area contributed by atoms with Gasteiger partial charge in [-0.3, -0.25) is 0 Å². The quantitative estimate of drug-likeness (QED) is 0.196. The van der Waals surface area contributed by atoms with E-state index in [9.17, 15) is 10.1 Å². The summed E-state index contributed by atoms with van der Waals surface area (Å²) in [4.78, 5) is 14.1. The number of rotatable bonds is 11. The zero-order valence-corrected chi connectivity index (χ0v) is 17.7. The largest absolute Gasteiger partial charge is 0.462 e. The fourth-order valence-corrected chi connectivity index (χ4v) is 3.42. The Morgan fingerprint density at radius 3 is 2.55 bits per heavy atom. The van der Waals surface area contributed by atoms with Crippen LogP contribution >= 0.6 is 0 Å². The monoisotopic (exact) mass is 392 g/mol. The maximum absolute atomic E-state index is 11.8. The van der Waals surface area contributed by atoms with Crippen LogP contribution < -0.4 is 4.90 Å². The van der Waals surface area contributed by atoms with Crippen LogP contribution in [-0.2, 0) is 9.53 Å². The molecule has 2 rings (SSSR count). The second kappa shape index (κ2) is 12.6. The topological polar surface area (TPSA) is 53.3 Å². The van der Waals surface area contributed by atoms with Gasteiger partial charge in [0, 0.05) is 24.0 Å². The van der Waals surface area contributed by atoms with Gasteiger partial charge in [-0.05, 0) is 37.1 Å². The van der Waals surface area contributed by atoms with Crippen LogP contribution in [0.2, 0.25) is 0 Å². The van der Waals surface area contributed by atoms with Gasteiger partial charge in [0.1, 0.15) is 11.6 Å². The Labute approximate surface area is 175 Å². The van der Waals surface area contributed by atoms with E-state index in [2.05, 4.69) is 30.2 Å². The number of allylic oxidation sites excluding steroid dienone is 4. The minimum Gasteiger partial charge on any atom is -0.462 e. The van der Waals surface area contributed by atoms with Crippen molar-refractivity contribution in [3.8, 4) is 6.07 Å². The molecule has 0 saturated heterocycles. The van der Waals surface area contributed by atoms with Gasteiger partial charge in [-0.1, -0.05) is 69.7 Å². The van der Waals surface area contributed by atoms with E-state index in [1.54, 1.807) is 13.0 Å². The van der Waals surface area contributed by atoms with Crippen molar-refractivity contribution < 1.29 is 9.53 Å². The third-order valence-corrected chi connectivity index (χ3v) is 5.01. The number of para-hydroxylation sites is 1. The zero-order chi connectivity index (χ0) is 20.9. The first kappa shape index (κ1) is 22.5. The van der Waals surface area contributed by atoms with Crippen molar-refractivity contribution in [3.63, 3.8) is 0 Å². The number of anilines is 1. The molecule has 0 spiro atoms. The first-order valence-electron chi connectivity index (χ1n) is 10.7. The number of hydrogen-bond donors (Lipinski definition) is 0. The average molecular weight is 393 g/mol. The molecule has 1 aliphatic heterocycles. The van der Waals surface area contributed by atoms with Crippen LogP contribution in [0.3, 0.4) is 0 Å². The lowest BCUT2D eigenvalue weighted by atomic mass is 9.98. The predicted molar refractivity (Wildman–Crippen MR) is 119 cm³/mol. The number of carbonyl (C=O) groups is 1. The number of fused-ring (bicyclic) bond motifs is 1. The van der Waals surface area contributed by atoms with Gasteiger partial charge >= 0.3 is 5.97 Å². The molecule has 1 aromatic carbocycles. The fraction of sp³-hybridized carbons (Fsp3) is 0.440. The van der Waals surface area contributed by atoms with Crippen molar-refractivity contribution in [1.29, 1.82) is 5.26 Å². The average Bonchev–Trinajstić information content (AvgIpc) is 2.74. The minimum atomic E-state index is -0.583. The number of carbonyl (C=O) groups excluding carboxylic acids is 1. The summed E-state index contributed by atoms with van der Waals surface area (Å²) >= 11 is 0. The fourth-order valence-electron chi connectivity index (χ4n) is 3.42. The summed E-state index contributed by atoms with van der Waals surface area (Å²) in [7, 11) is 0. The highest BCUT2D eigenvalue weighted by atomic mass is 16.5. The molecule has 1 aromatic rings. The number of esters is 1. The lowest BCUT2D eigenvalue weighted by molar-refractivity contribution is -0.138. The Morgan fingerprint density at radius 1 is 1.10 bits per heavy atom. The second-order valence-electron chi connectivity index (χ2n) is 7.18. The van der Waals surface area contributed by atoms with Gasteiger partial charge < -0.3 is 9.64 Å². The highest BCUT2D eigenvalue weighted by molar-refractivity contribution is 5.94. The van der Waals surface area contributed by atoms with Gasteiger partial charge in [0.05, 0.1) is 6.61 Å². The lowest BCUT2D eigenvalue weighted by Crippen LogP contribution is -2.21. The Morgan fingerprint density at radius 2 is 1.83 bits per heavy atom. The first-order valence-corrected chi connectivity index (χ1v) is 10.7. The van der Waals surface area contributed by atoms with Crippen molar-refractivity contribution >= 4 is 17.2 Å². The molecule has 1 heterocycles. The Hall–Kier alpha value is -2.80. The van der Waals surface area contributed by atoms with E-state index in [0.717, 1.165) is 23.4 Å². The second-order valence-corrected chi connectivity index (χ2v) is 7.18. The molecule has 0 unspecified atom stereocenters. The highest BCUT2D eigenvalue weighted by Crippen LogP contribution is 2.33. The molecule has 0 radical (unpaired) electrons. The van der Waals surface area contributed by atoms with Crippen molar-refractivity contribution in [3.05, 3.63) is 59.8 Å². The van der Waals surface area contributed by atoms with Crippen LogP contribution in [0.25, 0.3) is 5.57 Å². The van der Waals surface area contributed by atoms with Crippen molar-refractivity contribution in [2.75, 3.05) is 18.1 Å². The molecule has 1 aliphatic rings. The van der Waals surface area contributed by atoms with Gasteiger partial charge in [-0.25, -0.2) is 4.79 Å². The van der Waals surface area contributed by atoms with Gasteiger partial charge in [-0.2, -0.15) is 5.26 Å². The standard InChI is InChI=1S/C25H32N2O2/c1-3-5-6-7-8-9-12-18-27-19-17-21(23-13-10-11-14-24(23)27)15-16-22(20-26)25(28)29-4-2/h10-11,13-17,19H,3-9,12,18H2,1-2H3/b21-15+,22-16+. The van der Waals surface area contributed by atoms with Crippen LogP contribution in [-0.4, -0.2) is 19.1 Å². The van der Waals surface area contributed by atoms with Crippen molar-refractivity contribution in [1.82, 2.24) is 0 Å². The minimum absolute atomic E-state index is 0.00994. The molecule has 0 atom stereocenters. The maximum Gasteiger partial charge on any atom is 0.348 e. The lowest BCUT2D eigenvalue weighted by Gasteiger charge is -2.27. The summed E-state index contributed by atoms with van der Waals surface area (Å²) in [5, 5.41) is 9.20. The van der Waals surface area contributed by atoms with Gasteiger partial charge in [0.2, 0.25) is 0 Å². The van der Waals surface area contributed by atoms with Gasteiger partial charge in [0.25, 0.3) is 0 Å². The third-order valence-electron chi connectivity index (χ3n) is 5.01. The molecule has 29 heavy (non-hydrogen) atoms. The number of hydrogen-bond acceptors (Lipinski definition) is 4. The van der Waals surface area contributed by atoms with Crippen molar-refractivity contribution in [2.45, 2.75) is 58.8 Å². The first-order chi connectivity index (χ1) is 14.2. The summed E-state index contributed by atoms with van der Waals surface area (Å²) in [5.41, 5.74) is 3.26. The van der Waals surface area contributed by atoms with Gasteiger partial charge in [-0.15, -0.1) is 0 Å². The molecule has 154 valence electrons. The van der Waals surface area contributed by atoms with Crippen LogP contribution in [0.5, 0.6) is 0 Å². The van der Waals surface area contributed by atoms with Crippen LogP contribution in [0.4, 0.5) is 5.69 Å². The highest BCUT2D eigenvalue weighted by Gasteiger charge is 2.15. The molecule has 0 amide bonds. The number of nitriles is 1. The summed E-state index contributed by atoms with van der Waals surface area (Å²) in [5.74, 6) is -0.583. The Bertz CT molecular complexity index is 799. The Kier molecular flexibility index (Phi) is 9.78.